The molecular weight excluding hydrogens is 568 g/mol. The molecule has 222 valence electrons. The lowest BCUT2D eigenvalue weighted by molar-refractivity contribution is -0.679. The van der Waals surface area contributed by atoms with Gasteiger partial charge in [0.1, 0.15) is 17.7 Å². The van der Waals surface area contributed by atoms with Crippen LogP contribution in [0.1, 0.15) is 20.3 Å². The molecule has 2 aromatic heterocycles. The van der Waals surface area contributed by atoms with Crippen LogP contribution < -0.4 is 25.7 Å². The number of aliphatic imine (C=N–C) groups is 1. The molecule has 3 aliphatic heterocycles. The van der Waals surface area contributed by atoms with Gasteiger partial charge in [-0.15, -0.1) is 11.8 Å². The van der Waals surface area contributed by atoms with Gasteiger partial charge in [0.05, 0.1) is 24.2 Å². The van der Waals surface area contributed by atoms with Crippen molar-refractivity contribution in [3.63, 3.8) is 0 Å². The van der Waals surface area contributed by atoms with Gasteiger partial charge in [0.2, 0.25) is 12.0 Å². The van der Waals surface area contributed by atoms with Gasteiger partial charge in [-0.1, -0.05) is 5.16 Å². The van der Waals surface area contributed by atoms with Crippen LogP contribution in [0.5, 0.6) is 0 Å². The number of nitrogens with zero attached hydrogens (tertiary/aromatic N) is 6. The summed E-state index contributed by atoms with van der Waals surface area (Å²) in [6.45, 7) is 6.34. The van der Waals surface area contributed by atoms with E-state index in [2.05, 4.69) is 39.6 Å². The Kier molecular flexibility index (Phi) is 9.33. The number of oxime groups is 1. The van der Waals surface area contributed by atoms with Crippen molar-refractivity contribution in [3.8, 4) is 0 Å². The number of thioether (sulfide) groups is 1. The molecule has 0 aliphatic carbocycles. The van der Waals surface area contributed by atoms with Crippen LogP contribution in [0.4, 0.5) is 0 Å². The molecule has 14 nitrogen and oxygen atoms in total. The van der Waals surface area contributed by atoms with Gasteiger partial charge < -0.3 is 29.9 Å². The van der Waals surface area contributed by atoms with Crippen molar-refractivity contribution in [2.45, 2.75) is 62.4 Å². The van der Waals surface area contributed by atoms with Gasteiger partial charge in [0.25, 0.3) is 5.91 Å². The molecule has 0 radical (unpaired) electrons. The van der Waals surface area contributed by atoms with E-state index in [-0.39, 0.29) is 35.0 Å². The number of carboxylic acids is 1. The first kappa shape index (κ1) is 29.6. The highest BCUT2D eigenvalue weighted by Crippen LogP contribution is 2.40. The molecular formula is C25H37N10O4S2+. The van der Waals surface area contributed by atoms with E-state index in [0.29, 0.717) is 18.8 Å². The first-order chi connectivity index (χ1) is 19.8. The summed E-state index contributed by atoms with van der Waals surface area (Å²) < 4.78 is 7.11. The van der Waals surface area contributed by atoms with Crippen molar-refractivity contribution in [1.29, 1.82) is 0 Å². The summed E-state index contributed by atoms with van der Waals surface area (Å²) in [5.74, 6) is -0.555. The summed E-state index contributed by atoms with van der Waals surface area (Å²) in [5.41, 5.74) is 7.17. The number of carbonyl (C=O) groups excluding carboxylic acids is 1. The Morgan fingerprint density at radius 2 is 2.24 bits per heavy atom. The highest BCUT2D eigenvalue weighted by molar-refractivity contribution is 8.00. The Balaban J connectivity index is 1.26. The number of fused-ring (bicyclic) bond motifs is 2. The molecule has 6 N–H and O–H groups in total. The number of hydrogen-bond acceptors (Lipinski definition) is 12. The summed E-state index contributed by atoms with van der Waals surface area (Å²) in [4.78, 5) is 41.9. The molecule has 5 rings (SSSR count). The molecule has 3 unspecified atom stereocenters. The van der Waals surface area contributed by atoms with Gasteiger partial charge in [0, 0.05) is 24.8 Å². The number of hydrogen-bond donors (Lipinski definition) is 5. The standard InChI is InChI=1S/C25H36N10O4S2/c1-14(2)39-31-18(20-30-25(26)41-32-20)22(36)29-16-11-35-19(24(37)38)15(12-40-23(16)35)10-33-8-4-6-17-21(33)28-13-34(17)9-5-7-27-3/h4,6,8,13-16,19,23,25,27H,5,7,9-12,26H2,1-3H3,(H2-,29,30,32,36,37,38)/p+1/b31-18+/t15?,16-,19?,23-,25?/m1/s1. The number of amides is 1. The van der Waals surface area contributed by atoms with E-state index in [0.717, 1.165) is 30.7 Å². The maximum Gasteiger partial charge on any atom is 0.348 e. The quantitative estimate of drug-likeness (QED) is 0.0697. The van der Waals surface area contributed by atoms with Crippen LogP contribution in [0, 0.1) is 5.92 Å². The number of carbonyl (C=O) groups is 2. The van der Waals surface area contributed by atoms with Gasteiger partial charge in [-0.2, -0.15) is 0 Å². The average molecular weight is 606 g/mol. The Labute approximate surface area is 246 Å². The number of nitrogens with one attached hydrogen (secondary N) is 3. The van der Waals surface area contributed by atoms with E-state index >= 15 is 0 Å². The van der Waals surface area contributed by atoms with Gasteiger partial charge in [0.15, 0.2) is 11.3 Å². The SMILES string of the molecule is CNCCCn1cnc2c1ccc[n+]2CC1CS[C@@H]2[C@H](NC(=O)/C(=N/OC(C)C)C3=NC(N)SN3)CN2C1C(=O)O. The number of nitrogens with two attached hydrogens (primary N) is 1. The van der Waals surface area contributed by atoms with Crippen LogP contribution in [-0.2, 0) is 27.5 Å². The van der Waals surface area contributed by atoms with Crippen LogP contribution >= 0.6 is 23.7 Å². The number of amidine groups is 1. The van der Waals surface area contributed by atoms with Gasteiger partial charge >= 0.3 is 11.6 Å². The molecule has 2 saturated heterocycles. The topological polar surface area (TPSA) is 175 Å². The smallest absolute Gasteiger partial charge is 0.348 e. The molecule has 5 heterocycles. The van der Waals surface area contributed by atoms with Crippen LogP contribution in [-0.4, -0.2) is 97.9 Å². The Hall–Kier alpha value is -2.92. The van der Waals surface area contributed by atoms with Crippen molar-refractivity contribution in [1.82, 2.24) is 29.8 Å². The second-order valence-corrected chi connectivity index (χ2v) is 12.6. The van der Waals surface area contributed by atoms with Crippen LogP contribution in [0.3, 0.4) is 0 Å². The molecule has 41 heavy (non-hydrogen) atoms. The minimum Gasteiger partial charge on any atom is -0.480 e. The highest BCUT2D eigenvalue weighted by atomic mass is 32.2. The number of aromatic nitrogens is 3. The normalized spacial score (nSPS) is 26.3. The van der Waals surface area contributed by atoms with E-state index in [1.165, 1.54) is 11.9 Å². The highest BCUT2D eigenvalue weighted by Gasteiger charge is 2.53. The fraction of sp³-hybridized carbons (Fsp3) is 0.600. The molecule has 0 aromatic carbocycles. The summed E-state index contributed by atoms with van der Waals surface area (Å²) >= 11 is 2.83. The predicted molar refractivity (Wildman–Crippen MR) is 158 cm³/mol. The predicted octanol–water partition coefficient (Wildman–Crippen LogP) is -0.451. The van der Waals surface area contributed by atoms with E-state index in [9.17, 15) is 14.7 Å². The minimum atomic E-state index is -0.862. The van der Waals surface area contributed by atoms with Crippen molar-refractivity contribution in [3.05, 3.63) is 24.7 Å². The summed E-state index contributed by atoms with van der Waals surface area (Å²) in [6.07, 6.45) is 4.58. The average Bonchev–Trinajstić information content (AvgIpc) is 3.54. The third kappa shape index (κ3) is 6.45. The molecule has 16 heteroatoms. The number of imidazole rings is 1. The molecule has 2 fully saturated rings. The van der Waals surface area contributed by atoms with E-state index in [4.69, 9.17) is 10.6 Å². The van der Waals surface area contributed by atoms with Crippen molar-refractivity contribution in [2.75, 3.05) is 25.9 Å². The van der Waals surface area contributed by atoms with Crippen LogP contribution in [0.15, 0.2) is 34.8 Å². The lowest BCUT2D eigenvalue weighted by Gasteiger charge is -2.54. The van der Waals surface area contributed by atoms with E-state index in [1.54, 1.807) is 11.8 Å². The first-order valence-electron chi connectivity index (χ1n) is 13.6. The number of carboxylic acid groups (broad SMARTS) is 1. The molecule has 5 atom stereocenters. The first-order valence-corrected chi connectivity index (χ1v) is 15.6. The van der Waals surface area contributed by atoms with E-state index in [1.807, 2.05) is 50.5 Å². The number of aryl methyl sites for hydroxylation is 1. The molecule has 0 spiro atoms. The van der Waals surface area contributed by atoms with Gasteiger partial charge in [-0.05, 0) is 62.9 Å². The molecule has 2 aromatic rings. The fourth-order valence-electron chi connectivity index (χ4n) is 5.27. The lowest BCUT2D eigenvalue weighted by Crippen LogP contribution is -2.73. The lowest BCUT2D eigenvalue weighted by atomic mass is 9.93. The number of aliphatic carboxylic acids is 1. The van der Waals surface area contributed by atoms with Crippen LogP contribution in [0.2, 0.25) is 0 Å². The van der Waals surface area contributed by atoms with Crippen molar-refractivity contribution < 1.29 is 24.1 Å². The fourth-order valence-corrected chi connectivity index (χ4v) is 7.34. The van der Waals surface area contributed by atoms with Crippen LogP contribution in [0.25, 0.3) is 11.2 Å². The Morgan fingerprint density at radius 1 is 1.41 bits per heavy atom. The zero-order valence-corrected chi connectivity index (χ0v) is 24.9. The zero-order chi connectivity index (χ0) is 29.1. The Bertz CT molecular complexity index is 1330. The number of pyridine rings is 1. The Morgan fingerprint density at radius 3 is 2.95 bits per heavy atom. The summed E-state index contributed by atoms with van der Waals surface area (Å²) in [5, 5.41) is 20.3. The maximum atomic E-state index is 13.2. The van der Waals surface area contributed by atoms with Crippen molar-refractivity contribution in [2.24, 2.45) is 21.8 Å². The van der Waals surface area contributed by atoms with Gasteiger partial charge in [-0.25, -0.2) is 9.56 Å². The van der Waals surface area contributed by atoms with Gasteiger partial charge in [-0.3, -0.25) is 20.2 Å². The third-order valence-corrected chi connectivity index (χ3v) is 9.39. The molecule has 3 aliphatic rings. The number of rotatable bonds is 12. The third-order valence-electron chi connectivity index (χ3n) is 7.17. The summed E-state index contributed by atoms with van der Waals surface area (Å²) in [7, 11) is 1.94. The molecule has 0 bridgehead atoms. The molecule has 0 saturated carbocycles. The van der Waals surface area contributed by atoms with E-state index < -0.39 is 23.4 Å². The monoisotopic (exact) mass is 605 g/mol. The second kappa shape index (κ2) is 12.9. The largest absolute Gasteiger partial charge is 0.480 e. The molecule has 1 amide bonds. The zero-order valence-electron chi connectivity index (χ0n) is 23.3. The van der Waals surface area contributed by atoms with Crippen molar-refractivity contribution >= 4 is 58.3 Å². The maximum absolute atomic E-state index is 13.2. The summed E-state index contributed by atoms with van der Waals surface area (Å²) in [6, 6.07) is 3.11. The minimum absolute atomic E-state index is 0.0148. The second-order valence-electron chi connectivity index (χ2n) is 10.5.